The smallest absolute Gasteiger partial charge is 0.159 e. The van der Waals surface area contributed by atoms with Gasteiger partial charge in [-0.1, -0.05) is 18.2 Å². The number of aromatic nitrogens is 1. The molecule has 0 saturated heterocycles. The van der Waals surface area contributed by atoms with Crippen LogP contribution in [0.5, 0.6) is 0 Å². The highest BCUT2D eigenvalue weighted by atomic mass is 16.5. The quantitative estimate of drug-likeness (QED) is 0.862. The number of hydrogen-bond donors (Lipinski definition) is 1. The summed E-state index contributed by atoms with van der Waals surface area (Å²) in [6.07, 6.45) is 6.28. The van der Waals surface area contributed by atoms with Crippen molar-refractivity contribution in [2.75, 3.05) is 21.3 Å². The van der Waals surface area contributed by atoms with Crippen LogP contribution in [0.4, 0.5) is 0 Å². The molecule has 0 spiro atoms. The van der Waals surface area contributed by atoms with Crippen molar-refractivity contribution in [1.29, 1.82) is 0 Å². The van der Waals surface area contributed by atoms with Crippen molar-refractivity contribution in [3.05, 3.63) is 59.7 Å². The Labute approximate surface area is 134 Å². The Morgan fingerprint density at radius 2 is 1.87 bits per heavy atom. The molecular weight excluding hydrogens is 294 g/mol. The van der Waals surface area contributed by atoms with Crippen molar-refractivity contribution >= 4 is 17.2 Å². The molecule has 1 aromatic carbocycles. The highest BCUT2D eigenvalue weighted by Gasteiger charge is 2.44. The Balaban J connectivity index is 2.25. The third-order valence-corrected chi connectivity index (χ3v) is 4.35. The van der Waals surface area contributed by atoms with E-state index in [4.69, 9.17) is 14.2 Å². The summed E-state index contributed by atoms with van der Waals surface area (Å²) in [6, 6.07) is 7.90. The first-order chi connectivity index (χ1) is 11.2. The molecule has 0 saturated carbocycles. The average Bonchev–Trinajstić information content (AvgIpc) is 3.05. The van der Waals surface area contributed by atoms with Gasteiger partial charge in [-0.25, -0.2) is 0 Å². The highest BCUT2D eigenvalue weighted by molar-refractivity contribution is 5.85. The van der Waals surface area contributed by atoms with Gasteiger partial charge < -0.3 is 24.0 Å². The number of ether oxygens (including phenoxy) is 3. The van der Waals surface area contributed by atoms with Gasteiger partial charge in [0.1, 0.15) is 11.9 Å². The second-order valence-electron chi connectivity index (χ2n) is 5.35. The lowest BCUT2D eigenvalue weighted by Gasteiger charge is -2.36. The number of carbonyl (C=O) groups is 1. The van der Waals surface area contributed by atoms with Gasteiger partial charge in [0.05, 0.1) is 20.1 Å². The van der Waals surface area contributed by atoms with E-state index in [2.05, 4.69) is 4.98 Å². The summed E-state index contributed by atoms with van der Waals surface area (Å²) in [5, 5.41) is 1.00. The molecule has 2 aromatic rings. The molecule has 2 atom stereocenters. The standard InChI is InChI=1S/C18H19NO4/c1-21-16-8-12(11-20)18(23-3,9-17(16)22-2)14-10-19-15-7-5-4-6-13(14)15/h4-12,19H,1-3H3. The van der Waals surface area contributed by atoms with Gasteiger partial charge in [0, 0.05) is 29.8 Å². The lowest BCUT2D eigenvalue weighted by Crippen LogP contribution is -2.38. The molecule has 1 aromatic heterocycles. The minimum absolute atomic E-state index is 0.525. The Bertz CT molecular complexity index is 789. The number of aldehydes is 1. The second-order valence-corrected chi connectivity index (χ2v) is 5.35. The number of benzene rings is 1. The van der Waals surface area contributed by atoms with Crippen molar-refractivity contribution in [3.8, 4) is 0 Å². The maximum absolute atomic E-state index is 11.8. The van der Waals surface area contributed by atoms with E-state index >= 15 is 0 Å². The fourth-order valence-electron chi connectivity index (χ4n) is 3.16. The second kappa shape index (κ2) is 5.93. The number of fused-ring (bicyclic) bond motifs is 1. The predicted molar refractivity (Wildman–Crippen MR) is 86.7 cm³/mol. The van der Waals surface area contributed by atoms with Crippen LogP contribution in [-0.4, -0.2) is 32.6 Å². The maximum Gasteiger partial charge on any atom is 0.159 e. The van der Waals surface area contributed by atoms with Crippen molar-refractivity contribution in [3.63, 3.8) is 0 Å². The Kier molecular flexibility index (Phi) is 3.96. The predicted octanol–water partition coefficient (Wildman–Crippen LogP) is 2.90. The molecule has 3 rings (SSSR count). The highest BCUT2D eigenvalue weighted by Crippen LogP contribution is 2.43. The summed E-state index contributed by atoms with van der Waals surface area (Å²) in [5.41, 5.74) is 0.917. The largest absolute Gasteiger partial charge is 0.493 e. The number of H-pyrrole nitrogens is 1. The van der Waals surface area contributed by atoms with E-state index in [9.17, 15) is 4.79 Å². The Morgan fingerprint density at radius 1 is 1.13 bits per heavy atom. The topological polar surface area (TPSA) is 60.5 Å². The molecule has 5 nitrogen and oxygen atoms in total. The lowest BCUT2D eigenvalue weighted by atomic mass is 9.78. The van der Waals surface area contributed by atoms with Crippen LogP contribution in [0.15, 0.2) is 54.1 Å². The first-order valence-corrected chi connectivity index (χ1v) is 7.30. The van der Waals surface area contributed by atoms with Crippen molar-refractivity contribution < 1.29 is 19.0 Å². The molecular formula is C18H19NO4. The first-order valence-electron chi connectivity index (χ1n) is 7.30. The molecule has 0 amide bonds. The number of hydrogen-bond acceptors (Lipinski definition) is 4. The minimum atomic E-state index is -0.950. The Morgan fingerprint density at radius 3 is 2.52 bits per heavy atom. The fourth-order valence-corrected chi connectivity index (χ4v) is 3.16. The van der Waals surface area contributed by atoms with Gasteiger partial charge in [-0.3, -0.25) is 0 Å². The summed E-state index contributed by atoms with van der Waals surface area (Å²) in [7, 11) is 4.70. The van der Waals surface area contributed by atoms with Crippen LogP contribution >= 0.6 is 0 Å². The maximum atomic E-state index is 11.8. The number of methoxy groups -OCH3 is 3. The number of rotatable bonds is 5. The summed E-state index contributed by atoms with van der Waals surface area (Å²) in [4.78, 5) is 15.0. The van der Waals surface area contributed by atoms with Gasteiger partial charge in [0.25, 0.3) is 0 Å². The molecule has 120 valence electrons. The zero-order valence-electron chi connectivity index (χ0n) is 13.3. The molecule has 23 heavy (non-hydrogen) atoms. The lowest BCUT2D eigenvalue weighted by molar-refractivity contribution is -0.117. The summed E-state index contributed by atoms with van der Waals surface area (Å²) in [5.74, 6) is 0.537. The first kappa shape index (κ1) is 15.4. The van der Waals surface area contributed by atoms with E-state index in [0.29, 0.717) is 11.5 Å². The zero-order chi connectivity index (χ0) is 16.4. The van der Waals surface area contributed by atoms with E-state index in [1.807, 2.05) is 30.5 Å². The van der Waals surface area contributed by atoms with Gasteiger partial charge in [-0.2, -0.15) is 0 Å². The normalized spacial score (nSPS) is 24.0. The number of carbonyl (C=O) groups excluding carboxylic acids is 1. The van der Waals surface area contributed by atoms with Crippen LogP contribution in [-0.2, 0) is 24.6 Å². The molecule has 5 heteroatoms. The molecule has 1 aliphatic rings. The molecule has 0 bridgehead atoms. The van der Waals surface area contributed by atoms with Crippen LogP contribution in [0, 0.1) is 5.92 Å². The third-order valence-electron chi connectivity index (χ3n) is 4.35. The van der Waals surface area contributed by atoms with Gasteiger partial charge in [-0.05, 0) is 18.2 Å². The van der Waals surface area contributed by atoms with Gasteiger partial charge in [0.15, 0.2) is 11.5 Å². The summed E-state index contributed by atoms with van der Waals surface area (Å²) >= 11 is 0. The average molecular weight is 313 g/mol. The molecule has 2 unspecified atom stereocenters. The van der Waals surface area contributed by atoms with E-state index < -0.39 is 11.5 Å². The minimum Gasteiger partial charge on any atom is -0.493 e. The van der Waals surface area contributed by atoms with E-state index in [1.54, 1.807) is 33.5 Å². The van der Waals surface area contributed by atoms with E-state index in [-0.39, 0.29) is 0 Å². The van der Waals surface area contributed by atoms with Gasteiger partial charge in [-0.15, -0.1) is 0 Å². The van der Waals surface area contributed by atoms with Crippen LogP contribution in [0.1, 0.15) is 5.56 Å². The van der Waals surface area contributed by atoms with Crippen LogP contribution in [0.25, 0.3) is 10.9 Å². The number of aromatic amines is 1. The molecule has 1 aliphatic carbocycles. The van der Waals surface area contributed by atoms with Crippen molar-refractivity contribution in [2.24, 2.45) is 5.92 Å². The molecule has 0 aliphatic heterocycles. The van der Waals surface area contributed by atoms with Crippen molar-refractivity contribution in [1.82, 2.24) is 4.98 Å². The van der Waals surface area contributed by atoms with Crippen LogP contribution in [0.2, 0.25) is 0 Å². The molecule has 1 heterocycles. The Hall–Kier alpha value is -2.53. The number of para-hydroxylation sites is 1. The SMILES string of the molecule is COC1=CC(C=O)C(OC)(c2c[nH]c3ccccc23)C=C1OC. The van der Waals surface area contributed by atoms with Crippen LogP contribution < -0.4 is 0 Å². The number of nitrogens with one attached hydrogen (secondary N) is 1. The molecule has 1 N–H and O–H groups in total. The summed E-state index contributed by atoms with van der Waals surface area (Å²) in [6.45, 7) is 0. The van der Waals surface area contributed by atoms with Gasteiger partial charge in [0.2, 0.25) is 0 Å². The monoisotopic (exact) mass is 313 g/mol. The fraction of sp³-hybridized carbons (Fsp3) is 0.278. The van der Waals surface area contributed by atoms with Crippen molar-refractivity contribution in [2.45, 2.75) is 5.60 Å². The summed E-state index contributed by atoms with van der Waals surface area (Å²) < 4.78 is 16.6. The van der Waals surface area contributed by atoms with Gasteiger partial charge >= 0.3 is 0 Å². The van der Waals surface area contributed by atoms with Crippen LogP contribution in [0.3, 0.4) is 0 Å². The third kappa shape index (κ3) is 2.24. The van der Waals surface area contributed by atoms with E-state index in [1.165, 1.54) is 0 Å². The van der Waals surface area contributed by atoms with E-state index in [0.717, 1.165) is 22.8 Å². The zero-order valence-corrected chi connectivity index (χ0v) is 13.3. The molecule has 0 fully saturated rings. The molecule has 0 radical (unpaired) electrons.